The Morgan fingerprint density at radius 2 is 2.18 bits per heavy atom. The molecule has 1 heterocycles. The highest BCUT2D eigenvalue weighted by Gasteiger charge is 2.31. The van der Waals surface area contributed by atoms with Crippen LogP contribution in [0, 0.1) is 0 Å². The highest BCUT2D eigenvalue weighted by Crippen LogP contribution is 2.26. The summed E-state index contributed by atoms with van der Waals surface area (Å²) in [5.41, 5.74) is 0. The molecule has 17 heavy (non-hydrogen) atoms. The molecule has 1 aliphatic heterocycles. The van der Waals surface area contributed by atoms with Crippen molar-refractivity contribution >= 4 is 15.7 Å². The Morgan fingerprint density at radius 1 is 1.47 bits per heavy atom. The van der Waals surface area contributed by atoms with E-state index < -0.39 is 9.84 Å². The monoisotopic (exact) mass is 258 g/mol. The van der Waals surface area contributed by atoms with Gasteiger partial charge >= 0.3 is 0 Å². The van der Waals surface area contributed by atoms with Crippen LogP contribution in [-0.4, -0.2) is 50.2 Å². The van der Waals surface area contributed by atoms with Gasteiger partial charge in [-0.25, -0.2) is 8.42 Å². The minimum absolute atomic E-state index is 0.0627. The first-order chi connectivity index (χ1) is 8.02. The SMILES string of the molecule is CCN(C(=O)CNC1C=CS(=O)(=O)C1)C1CC1. The maximum absolute atomic E-state index is 11.9. The Bertz CT molecular complexity index is 426. The van der Waals surface area contributed by atoms with Crippen molar-refractivity contribution in [2.24, 2.45) is 0 Å². The molecule has 6 heteroatoms. The highest BCUT2D eigenvalue weighted by atomic mass is 32.2. The van der Waals surface area contributed by atoms with Crippen molar-refractivity contribution in [3.8, 4) is 0 Å². The van der Waals surface area contributed by atoms with Gasteiger partial charge in [-0.05, 0) is 19.8 Å². The van der Waals surface area contributed by atoms with E-state index in [2.05, 4.69) is 5.32 Å². The number of rotatable bonds is 5. The summed E-state index contributed by atoms with van der Waals surface area (Å²) in [4.78, 5) is 13.7. The molecule has 1 unspecified atom stereocenters. The normalized spacial score (nSPS) is 26.1. The van der Waals surface area contributed by atoms with Gasteiger partial charge in [0.15, 0.2) is 9.84 Å². The molecule has 1 N–H and O–H groups in total. The number of likely N-dealkylation sites (N-methyl/N-ethyl adjacent to an activating group) is 1. The van der Waals surface area contributed by atoms with E-state index in [-0.39, 0.29) is 24.2 Å². The van der Waals surface area contributed by atoms with Crippen molar-refractivity contribution in [3.63, 3.8) is 0 Å². The molecule has 1 aliphatic carbocycles. The lowest BCUT2D eigenvalue weighted by Gasteiger charge is -2.21. The average Bonchev–Trinajstić information content (AvgIpc) is 3.02. The Hall–Kier alpha value is -0.880. The smallest absolute Gasteiger partial charge is 0.236 e. The molecular formula is C11H18N2O3S. The first-order valence-electron chi connectivity index (χ1n) is 5.95. The molecule has 0 saturated heterocycles. The third-order valence-electron chi connectivity index (χ3n) is 3.09. The van der Waals surface area contributed by atoms with E-state index >= 15 is 0 Å². The Morgan fingerprint density at radius 3 is 2.65 bits per heavy atom. The fourth-order valence-electron chi connectivity index (χ4n) is 2.05. The highest BCUT2D eigenvalue weighted by molar-refractivity contribution is 7.94. The van der Waals surface area contributed by atoms with Gasteiger partial charge in [0.2, 0.25) is 5.91 Å². The molecule has 0 spiro atoms. The molecule has 1 amide bonds. The lowest BCUT2D eigenvalue weighted by atomic mass is 10.3. The summed E-state index contributed by atoms with van der Waals surface area (Å²) in [7, 11) is -3.04. The standard InChI is InChI=1S/C11H18N2O3S/c1-2-13(10-3-4-10)11(14)7-12-9-5-6-17(15,16)8-9/h5-6,9-10,12H,2-4,7-8H2,1H3. The zero-order valence-electron chi connectivity index (χ0n) is 9.93. The predicted molar refractivity (Wildman–Crippen MR) is 65.1 cm³/mol. The molecule has 96 valence electrons. The van der Waals surface area contributed by atoms with Gasteiger partial charge in [0, 0.05) is 24.0 Å². The Kier molecular flexibility index (Phi) is 3.53. The van der Waals surface area contributed by atoms with Crippen molar-refractivity contribution in [2.45, 2.75) is 31.8 Å². The quantitative estimate of drug-likeness (QED) is 0.747. The molecule has 1 atom stereocenters. The van der Waals surface area contributed by atoms with E-state index in [1.165, 1.54) is 5.41 Å². The molecule has 1 saturated carbocycles. The van der Waals surface area contributed by atoms with Crippen LogP contribution in [0.25, 0.3) is 0 Å². The predicted octanol–water partition coefficient (Wildman–Crippen LogP) is -0.102. The third kappa shape index (κ3) is 3.29. The minimum atomic E-state index is -3.04. The first-order valence-corrected chi connectivity index (χ1v) is 7.67. The van der Waals surface area contributed by atoms with E-state index in [4.69, 9.17) is 0 Å². The molecule has 0 aromatic rings. The lowest BCUT2D eigenvalue weighted by Crippen LogP contribution is -2.42. The van der Waals surface area contributed by atoms with Crippen LogP contribution >= 0.6 is 0 Å². The molecule has 0 bridgehead atoms. The van der Waals surface area contributed by atoms with Crippen molar-refractivity contribution in [1.82, 2.24) is 10.2 Å². The molecule has 2 rings (SSSR count). The molecule has 1 fully saturated rings. The van der Waals surface area contributed by atoms with Crippen LogP contribution in [0.4, 0.5) is 0 Å². The van der Waals surface area contributed by atoms with E-state index in [0.717, 1.165) is 19.4 Å². The second kappa shape index (κ2) is 4.78. The number of nitrogens with zero attached hydrogens (tertiary/aromatic N) is 1. The van der Waals surface area contributed by atoms with Gasteiger partial charge in [-0.2, -0.15) is 0 Å². The van der Waals surface area contributed by atoms with E-state index in [1.54, 1.807) is 6.08 Å². The second-order valence-corrected chi connectivity index (χ2v) is 6.49. The van der Waals surface area contributed by atoms with Crippen LogP contribution in [0.15, 0.2) is 11.5 Å². The molecule has 2 aliphatic rings. The van der Waals surface area contributed by atoms with Crippen molar-refractivity contribution in [3.05, 3.63) is 11.5 Å². The molecule has 0 aromatic heterocycles. The van der Waals surface area contributed by atoms with Gasteiger partial charge < -0.3 is 10.2 Å². The van der Waals surface area contributed by atoms with Gasteiger partial charge in [0.05, 0.1) is 12.3 Å². The Labute approximate surface area is 102 Å². The molecule has 0 radical (unpaired) electrons. The summed E-state index contributed by atoms with van der Waals surface area (Å²) in [6.45, 7) is 2.91. The minimum Gasteiger partial charge on any atom is -0.339 e. The number of hydrogen-bond acceptors (Lipinski definition) is 4. The van der Waals surface area contributed by atoms with Gasteiger partial charge in [-0.3, -0.25) is 4.79 Å². The van der Waals surface area contributed by atoms with Gasteiger partial charge in [-0.1, -0.05) is 6.08 Å². The molecule has 5 nitrogen and oxygen atoms in total. The number of nitrogens with one attached hydrogen (secondary N) is 1. The van der Waals surface area contributed by atoms with E-state index in [9.17, 15) is 13.2 Å². The topological polar surface area (TPSA) is 66.5 Å². The zero-order valence-corrected chi connectivity index (χ0v) is 10.7. The van der Waals surface area contributed by atoms with Crippen LogP contribution in [0.5, 0.6) is 0 Å². The number of sulfone groups is 1. The van der Waals surface area contributed by atoms with E-state index in [0.29, 0.717) is 6.04 Å². The summed E-state index contributed by atoms with van der Waals surface area (Å²) >= 11 is 0. The Balaban J connectivity index is 1.78. The number of carbonyl (C=O) groups excluding carboxylic acids is 1. The van der Waals surface area contributed by atoms with Crippen LogP contribution in [-0.2, 0) is 14.6 Å². The van der Waals surface area contributed by atoms with Crippen molar-refractivity contribution in [2.75, 3.05) is 18.8 Å². The summed E-state index contributed by atoms with van der Waals surface area (Å²) in [5, 5.41) is 4.19. The fourth-order valence-corrected chi connectivity index (χ4v) is 3.32. The van der Waals surface area contributed by atoms with Crippen LogP contribution in [0.2, 0.25) is 0 Å². The largest absolute Gasteiger partial charge is 0.339 e. The summed E-state index contributed by atoms with van der Waals surface area (Å²) < 4.78 is 22.3. The maximum Gasteiger partial charge on any atom is 0.236 e. The zero-order chi connectivity index (χ0) is 12.5. The maximum atomic E-state index is 11.9. The first kappa shape index (κ1) is 12.6. The molecular weight excluding hydrogens is 240 g/mol. The lowest BCUT2D eigenvalue weighted by molar-refractivity contribution is -0.130. The van der Waals surface area contributed by atoms with Gasteiger partial charge in [-0.15, -0.1) is 0 Å². The summed E-state index contributed by atoms with van der Waals surface area (Å²) in [6, 6.07) is 0.194. The van der Waals surface area contributed by atoms with Crippen LogP contribution in [0.3, 0.4) is 0 Å². The van der Waals surface area contributed by atoms with Crippen LogP contribution in [0.1, 0.15) is 19.8 Å². The number of hydrogen-bond donors (Lipinski definition) is 1. The van der Waals surface area contributed by atoms with E-state index in [1.807, 2.05) is 11.8 Å². The fraction of sp³-hybridized carbons (Fsp3) is 0.727. The van der Waals surface area contributed by atoms with Gasteiger partial charge in [0.25, 0.3) is 0 Å². The van der Waals surface area contributed by atoms with Crippen molar-refractivity contribution < 1.29 is 13.2 Å². The van der Waals surface area contributed by atoms with Crippen molar-refractivity contribution in [1.29, 1.82) is 0 Å². The third-order valence-corrected chi connectivity index (χ3v) is 4.49. The molecule has 0 aromatic carbocycles. The van der Waals surface area contributed by atoms with Gasteiger partial charge in [0.1, 0.15) is 0 Å². The second-order valence-electron chi connectivity index (χ2n) is 4.56. The summed E-state index contributed by atoms with van der Waals surface area (Å²) in [5.74, 6) is 0.128. The number of carbonyl (C=O) groups is 1. The summed E-state index contributed by atoms with van der Waals surface area (Å²) in [6.07, 6.45) is 3.80. The average molecular weight is 258 g/mol. The van der Waals surface area contributed by atoms with Crippen LogP contribution < -0.4 is 5.32 Å². The number of amides is 1.